The average molecular weight is 763 g/mol. The molecule has 57 heavy (non-hydrogen) atoms. The predicted molar refractivity (Wildman–Crippen MR) is 242 cm³/mol. The number of para-hydroxylation sites is 1. The van der Waals surface area contributed by atoms with Gasteiger partial charge in [0.1, 0.15) is 0 Å². The van der Waals surface area contributed by atoms with Gasteiger partial charge in [0, 0.05) is 73.5 Å². The zero-order valence-electron chi connectivity index (χ0n) is 30.4. The van der Waals surface area contributed by atoms with Crippen LogP contribution in [-0.4, -0.2) is 19.5 Å². The summed E-state index contributed by atoms with van der Waals surface area (Å²) in [4.78, 5) is 15.1. The molecule has 0 saturated carbocycles. The molecule has 266 valence electrons. The van der Waals surface area contributed by atoms with Crippen LogP contribution >= 0.6 is 22.7 Å². The van der Waals surface area contributed by atoms with Gasteiger partial charge in [-0.25, -0.2) is 15.0 Å². The van der Waals surface area contributed by atoms with Gasteiger partial charge in [0.25, 0.3) is 0 Å². The number of aromatic nitrogens is 4. The van der Waals surface area contributed by atoms with E-state index in [1.807, 2.05) is 47.7 Å². The molecule has 0 amide bonds. The summed E-state index contributed by atoms with van der Waals surface area (Å²) >= 11 is 3.66. The molecule has 0 aliphatic rings. The highest BCUT2D eigenvalue weighted by atomic mass is 32.1. The molecular formula is C51H30N4S2. The minimum Gasteiger partial charge on any atom is -0.309 e. The van der Waals surface area contributed by atoms with Crippen molar-refractivity contribution in [1.82, 2.24) is 19.5 Å². The Bertz CT molecular complexity index is 3450. The summed E-state index contributed by atoms with van der Waals surface area (Å²) in [7, 11) is 0. The van der Waals surface area contributed by atoms with Crippen molar-refractivity contribution in [2.45, 2.75) is 0 Å². The number of hydrogen-bond acceptors (Lipinski definition) is 5. The summed E-state index contributed by atoms with van der Waals surface area (Å²) in [5, 5.41) is 7.57. The molecule has 4 nitrogen and oxygen atoms in total. The second-order valence-electron chi connectivity index (χ2n) is 14.4. The molecule has 0 atom stereocenters. The molecule has 12 aromatic rings. The Morgan fingerprint density at radius 2 is 0.912 bits per heavy atom. The minimum absolute atomic E-state index is 0.664. The van der Waals surface area contributed by atoms with Crippen LogP contribution in [0.5, 0.6) is 0 Å². The third-order valence-corrected chi connectivity index (χ3v) is 13.4. The van der Waals surface area contributed by atoms with Gasteiger partial charge in [-0.05, 0) is 71.8 Å². The zero-order valence-corrected chi connectivity index (χ0v) is 32.1. The number of hydrogen-bond donors (Lipinski definition) is 0. The van der Waals surface area contributed by atoms with Crippen LogP contribution in [0.2, 0.25) is 0 Å². The van der Waals surface area contributed by atoms with Gasteiger partial charge in [-0.2, -0.15) is 0 Å². The minimum atomic E-state index is 0.664. The third kappa shape index (κ3) is 5.22. The monoisotopic (exact) mass is 762 g/mol. The van der Waals surface area contributed by atoms with Crippen molar-refractivity contribution in [2.75, 3.05) is 0 Å². The normalized spacial score (nSPS) is 11.9. The molecule has 0 aliphatic heterocycles. The van der Waals surface area contributed by atoms with Crippen molar-refractivity contribution in [2.24, 2.45) is 0 Å². The van der Waals surface area contributed by atoms with E-state index in [-0.39, 0.29) is 0 Å². The Hall–Kier alpha value is -6.99. The smallest absolute Gasteiger partial charge is 0.165 e. The first-order chi connectivity index (χ1) is 28.2. The fraction of sp³-hybridized carbons (Fsp3) is 0. The highest BCUT2D eigenvalue weighted by Crippen LogP contribution is 2.44. The van der Waals surface area contributed by atoms with Crippen LogP contribution in [0.4, 0.5) is 0 Å². The summed E-state index contributed by atoms with van der Waals surface area (Å²) in [6, 6.07) is 65.0. The molecule has 0 unspecified atom stereocenters. The zero-order chi connectivity index (χ0) is 37.5. The van der Waals surface area contributed by atoms with Crippen molar-refractivity contribution >= 4 is 84.8 Å². The number of thiophene rings is 2. The van der Waals surface area contributed by atoms with Gasteiger partial charge in [-0.1, -0.05) is 121 Å². The summed E-state index contributed by atoms with van der Waals surface area (Å²) in [6.45, 7) is 0. The van der Waals surface area contributed by atoms with E-state index < -0.39 is 0 Å². The van der Waals surface area contributed by atoms with E-state index in [1.54, 1.807) is 11.3 Å². The Morgan fingerprint density at radius 1 is 0.333 bits per heavy atom. The Labute approximate surface area is 335 Å². The van der Waals surface area contributed by atoms with Crippen molar-refractivity contribution < 1.29 is 0 Å². The van der Waals surface area contributed by atoms with Crippen molar-refractivity contribution in [1.29, 1.82) is 0 Å². The molecule has 0 saturated heterocycles. The standard InChI is InChI=1S/C51H30N4S2/c1-4-13-31(14-5-1)49-52-50(32-15-6-2-7-16-32)54-51(53-49)38-21-12-20-37-41-28-34(24-26-46(41)57-48(37)38)33-23-25-43-39(27-33)40-29-42-36-19-10-11-22-45(36)56-47(42)30-44(40)55(43)35-17-8-3-9-18-35/h1-30H. The molecule has 4 heterocycles. The van der Waals surface area contributed by atoms with Crippen molar-refractivity contribution in [3.8, 4) is 51.0 Å². The number of rotatable bonds is 5. The summed E-state index contributed by atoms with van der Waals surface area (Å²) in [6.07, 6.45) is 0. The van der Waals surface area contributed by atoms with Gasteiger partial charge in [0.15, 0.2) is 17.5 Å². The van der Waals surface area contributed by atoms with Crippen LogP contribution in [0.15, 0.2) is 182 Å². The topological polar surface area (TPSA) is 43.6 Å². The predicted octanol–water partition coefficient (Wildman–Crippen LogP) is 14.4. The van der Waals surface area contributed by atoms with Gasteiger partial charge < -0.3 is 4.57 Å². The van der Waals surface area contributed by atoms with Crippen molar-refractivity contribution in [3.05, 3.63) is 182 Å². The van der Waals surface area contributed by atoms with Gasteiger partial charge >= 0.3 is 0 Å². The molecule has 12 rings (SSSR count). The molecule has 0 bridgehead atoms. The lowest BCUT2D eigenvalue weighted by molar-refractivity contribution is 1.08. The molecule has 0 fully saturated rings. The van der Waals surface area contributed by atoms with E-state index >= 15 is 0 Å². The van der Waals surface area contributed by atoms with Crippen LogP contribution in [0.3, 0.4) is 0 Å². The number of fused-ring (bicyclic) bond motifs is 9. The van der Waals surface area contributed by atoms with Crippen LogP contribution in [0.25, 0.3) is 113 Å². The van der Waals surface area contributed by atoms with Crippen LogP contribution in [0, 0.1) is 0 Å². The van der Waals surface area contributed by atoms with Crippen LogP contribution in [-0.2, 0) is 0 Å². The third-order valence-electron chi connectivity index (χ3n) is 11.0. The maximum atomic E-state index is 5.08. The first-order valence-electron chi connectivity index (χ1n) is 19.0. The molecule has 0 aliphatic carbocycles. The van der Waals surface area contributed by atoms with E-state index in [2.05, 4.69) is 150 Å². The van der Waals surface area contributed by atoms with Gasteiger partial charge in [0.2, 0.25) is 0 Å². The van der Waals surface area contributed by atoms with E-state index in [0.717, 1.165) is 22.4 Å². The number of benzene rings is 8. The number of nitrogens with zero attached hydrogens (tertiary/aromatic N) is 4. The molecule has 6 heteroatoms. The van der Waals surface area contributed by atoms with Gasteiger partial charge in [-0.15, -0.1) is 22.7 Å². The van der Waals surface area contributed by atoms with E-state index in [9.17, 15) is 0 Å². The van der Waals surface area contributed by atoms with Crippen LogP contribution < -0.4 is 0 Å². The SMILES string of the molecule is c1ccc(-c2nc(-c3ccccc3)nc(-c3cccc4c3sc3ccc(-c5ccc6c(c5)c5cc7c(cc5n6-c5ccccc5)sc5ccccc57)cc34)n2)cc1. The maximum Gasteiger partial charge on any atom is 0.165 e. The Kier molecular flexibility index (Phi) is 7.24. The Balaban J connectivity index is 1.03. The first-order valence-corrected chi connectivity index (χ1v) is 20.6. The molecule has 0 radical (unpaired) electrons. The molecule has 4 aromatic heterocycles. The average Bonchev–Trinajstić information content (AvgIpc) is 3.95. The highest BCUT2D eigenvalue weighted by molar-refractivity contribution is 7.26. The quantitative estimate of drug-likeness (QED) is 0.175. The fourth-order valence-corrected chi connectivity index (χ4v) is 10.7. The second kappa shape index (κ2) is 12.8. The van der Waals surface area contributed by atoms with Gasteiger partial charge in [-0.3, -0.25) is 0 Å². The first kappa shape index (κ1) is 32.3. The van der Waals surface area contributed by atoms with E-state index in [4.69, 9.17) is 15.0 Å². The van der Waals surface area contributed by atoms with Gasteiger partial charge in [0.05, 0.1) is 11.0 Å². The fourth-order valence-electron chi connectivity index (χ4n) is 8.36. The molecule has 8 aromatic carbocycles. The largest absolute Gasteiger partial charge is 0.309 e. The Morgan fingerprint density at radius 3 is 1.67 bits per heavy atom. The lowest BCUT2D eigenvalue weighted by atomic mass is 10.00. The summed E-state index contributed by atoms with van der Waals surface area (Å²) < 4.78 is 7.45. The van der Waals surface area contributed by atoms with Crippen LogP contribution in [0.1, 0.15) is 0 Å². The molecular weight excluding hydrogens is 733 g/mol. The van der Waals surface area contributed by atoms with Crippen molar-refractivity contribution in [3.63, 3.8) is 0 Å². The molecule has 0 spiro atoms. The summed E-state index contributed by atoms with van der Waals surface area (Å²) in [5.74, 6) is 2.00. The lowest BCUT2D eigenvalue weighted by Crippen LogP contribution is -2.00. The highest BCUT2D eigenvalue weighted by Gasteiger charge is 2.19. The molecule has 0 N–H and O–H groups in total. The summed E-state index contributed by atoms with van der Waals surface area (Å²) in [5.41, 5.74) is 8.91. The van der Waals surface area contributed by atoms with E-state index in [0.29, 0.717) is 17.5 Å². The maximum absolute atomic E-state index is 5.08. The lowest BCUT2D eigenvalue weighted by Gasteiger charge is -2.09. The van der Waals surface area contributed by atoms with E-state index in [1.165, 1.54) is 73.3 Å². The second-order valence-corrected chi connectivity index (χ2v) is 16.5.